The highest BCUT2D eigenvalue weighted by atomic mass is 16.5. The van der Waals surface area contributed by atoms with Gasteiger partial charge in [-0.3, -0.25) is 4.79 Å². The Morgan fingerprint density at radius 1 is 1.47 bits per heavy atom. The fourth-order valence-electron chi connectivity index (χ4n) is 1.57. The minimum absolute atomic E-state index is 0.0473. The van der Waals surface area contributed by atoms with Crippen molar-refractivity contribution < 1.29 is 14.6 Å². The zero-order chi connectivity index (χ0) is 12.9. The van der Waals surface area contributed by atoms with Gasteiger partial charge in [0.1, 0.15) is 0 Å². The number of hydrogen-bond donors (Lipinski definition) is 1. The van der Waals surface area contributed by atoms with Gasteiger partial charge in [0.15, 0.2) is 0 Å². The Hall–Kier alpha value is -1.61. The van der Waals surface area contributed by atoms with Gasteiger partial charge in [-0.1, -0.05) is 36.9 Å². The summed E-state index contributed by atoms with van der Waals surface area (Å²) in [5.74, 6) is -0.398. The van der Waals surface area contributed by atoms with Gasteiger partial charge in [0.05, 0.1) is 18.6 Å². The highest BCUT2D eigenvalue weighted by Gasteiger charge is 2.27. The van der Waals surface area contributed by atoms with E-state index in [0.29, 0.717) is 12.2 Å². The van der Waals surface area contributed by atoms with Crippen LogP contribution in [0, 0.1) is 0 Å². The van der Waals surface area contributed by atoms with Crippen molar-refractivity contribution in [2.24, 2.45) is 0 Å². The average molecular weight is 234 g/mol. The lowest BCUT2D eigenvalue weighted by atomic mass is 9.92. The van der Waals surface area contributed by atoms with E-state index in [4.69, 9.17) is 4.74 Å². The van der Waals surface area contributed by atoms with E-state index in [1.54, 1.807) is 32.1 Å². The summed E-state index contributed by atoms with van der Waals surface area (Å²) >= 11 is 0. The Morgan fingerprint density at radius 3 is 2.53 bits per heavy atom. The third kappa shape index (κ3) is 3.71. The summed E-state index contributed by atoms with van der Waals surface area (Å²) in [7, 11) is 0. The molecule has 92 valence electrons. The van der Waals surface area contributed by atoms with Crippen LogP contribution in [-0.2, 0) is 15.1 Å². The number of carbonyl (C=O) groups excluding carboxylic acids is 1. The number of hydrogen-bond acceptors (Lipinski definition) is 3. The van der Waals surface area contributed by atoms with Crippen molar-refractivity contribution in [3.63, 3.8) is 0 Å². The van der Waals surface area contributed by atoms with E-state index in [9.17, 15) is 9.90 Å². The number of esters is 1. The smallest absolute Gasteiger partial charge is 0.309 e. The van der Waals surface area contributed by atoms with Gasteiger partial charge < -0.3 is 9.84 Å². The summed E-state index contributed by atoms with van der Waals surface area (Å²) < 4.78 is 4.83. The summed E-state index contributed by atoms with van der Waals surface area (Å²) in [4.78, 5) is 11.4. The predicted molar refractivity (Wildman–Crippen MR) is 67.4 cm³/mol. The van der Waals surface area contributed by atoms with Crippen LogP contribution < -0.4 is 0 Å². The molecule has 17 heavy (non-hydrogen) atoms. The highest BCUT2D eigenvalue weighted by molar-refractivity contribution is 5.71. The molecule has 0 spiro atoms. The first kappa shape index (κ1) is 13.5. The SMILES string of the molecule is C=Cc1ccc(C(C)(O)CC(=O)OCC)cc1. The van der Waals surface area contributed by atoms with Crippen LogP contribution in [0.3, 0.4) is 0 Å². The lowest BCUT2D eigenvalue weighted by Gasteiger charge is -2.22. The van der Waals surface area contributed by atoms with Gasteiger partial charge in [-0.05, 0) is 25.0 Å². The van der Waals surface area contributed by atoms with Crippen LogP contribution in [0.1, 0.15) is 31.4 Å². The molecule has 1 aromatic rings. The molecule has 0 amide bonds. The lowest BCUT2D eigenvalue weighted by Crippen LogP contribution is -2.26. The Kier molecular flexibility index (Phi) is 4.46. The fraction of sp³-hybridized carbons (Fsp3) is 0.357. The Balaban J connectivity index is 2.80. The molecule has 1 rings (SSSR count). The van der Waals surface area contributed by atoms with Gasteiger partial charge in [-0.2, -0.15) is 0 Å². The molecule has 0 fully saturated rings. The van der Waals surface area contributed by atoms with E-state index in [1.807, 2.05) is 12.1 Å². The average Bonchev–Trinajstić information content (AvgIpc) is 2.28. The van der Waals surface area contributed by atoms with E-state index < -0.39 is 11.6 Å². The number of aliphatic hydroxyl groups is 1. The standard InChI is InChI=1S/C14H18O3/c1-4-11-6-8-12(9-7-11)14(3,16)10-13(15)17-5-2/h4,6-9,16H,1,5,10H2,2-3H3. The molecular formula is C14H18O3. The molecule has 3 nitrogen and oxygen atoms in total. The Morgan fingerprint density at radius 2 is 2.06 bits per heavy atom. The predicted octanol–water partition coefficient (Wildman–Crippen LogP) is 2.49. The van der Waals surface area contributed by atoms with E-state index in [2.05, 4.69) is 6.58 Å². The van der Waals surface area contributed by atoms with Gasteiger partial charge in [-0.25, -0.2) is 0 Å². The zero-order valence-corrected chi connectivity index (χ0v) is 10.3. The van der Waals surface area contributed by atoms with Crippen molar-refractivity contribution in [3.05, 3.63) is 42.0 Å². The summed E-state index contributed by atoms with van der Waals surface area (Å²) in [6.07, 6.45) is 1.68. The first-order valence-corrected chi connectivity index (χ1v) is 5.60. The summed E-state index contributed by atoms with van der Waals surface area (Å²) in [5.41, 5.74) is 0.461. The molecule has 0 heterocycles. The summed E-state index contributed by atoms with van der Waals surface area (Å²) in [6, 6.07) is 7.27. The van der Waals surface area contributed by atoms with Gasteiger partial charge in [0, 0.05) is 0 Å². The molecule has 1 aromatic carbocycles. The molecule has 3 heteroatoms. The molecule has 1 atom stereocenters. The third-order valence-electron chi connectivity index (χ3n) is 2.56. The monoisotopic (exact) mass is 234 g/mol. The second-order valence-corrected chi connectivity index (χ2v) is 4.08. The maximum atomic E-state index is 11.4. The normalized spacial score (nSPS) is 13.8. The van der Waals surface area contributed by atoms with Crippen LogP contribution in [0.4, 0.5) is 0 Å². The molecule has 1 unspecified atom stereocenters. The molecule has 0 bridgehead atoms. The summed E-state index contributed by atoms with van der Waals surface area (Å²) in [5, 5.41) is 10.2. The van der Waals surface area contributed by atoms with Crippen LogP contribution in [0.2, 0.25) is 0 Å². The van der Waals surface area contributed by atoms with Crippen molar-refractivity contribution in [3.8, 4) is 0 Å². The Bertz CT molecular complexity index is 390. The zero-order valence-electron chi connectivity index (χ0n) is 10.3. The van der Waals surface area contributed by atoms with Gasteiger partial charge in [-0.15, -0.1) is 0 Å². The maximum absolute atomic E-state index is 11.4. The second kappa shape index (κ2) is 5.64. The van der Waals surface area contributed by atoms with E-state index in [0.717, 1.165) is 5.56 Å². The molecule has 0 aliphatic rings. The first-order valence-electron chi connectivity index (χ1n) is 5.60. The minimum atomic E-state index is -1.20. The quantitative estimate of drug-likeness (QED) is 0.796. The number of rotatable bonds is 5. The first-order chi connectivity index (χ1) is 7.99. The lowest BCUT2D eigenvalue weighted by molar-refractivity contribution is -0.148. The summed E-state index contributed by atoms with van der Waals surface area (Å²) in [6.45, 7) is 7.33. The molecule has 0 aliphatic carbocycles. The topological polar surface area (TPSA) is 46.5 Å². The molecule has 0 saturated carbocycles. The molecule has 0 aromatic heterocycles. The minimum Gasteiger partial charge on any atom is -0.466 e. The fourth-order valence-corrected chi connectivity index (χ4v) is 1.57. The van der Waals surface area contributed by atoms with Crippen LogP contribution in [0.25, 0.3) is 6.08 Å². The molecule has 1 N–H and O–H groups in total. The number of carbonyl (C=O) groups is 1. The molecule has 0 saturated heterocycles. The Labute approximate surface area is 102 Å². The van der Waals surface area contributed by atoms with Crippen molar-refractivity contribution in [1.29, 1.82) is 0 Å². The second-order valence-electron chi connectivity index (χ2n) is 4.08. The van der Waals surface area contributed by atoms with Gasteiger partial charge in [0.2, 0.25) is 0 Å². The van der Waals surface area contributed by atoms with Crippen LogP contribution in [0.5, 0.6) is 0 Å². The third-order valence-corrected chi connectivity index (χ3v) is 2.56. The van der Waals surface area contributed by atoms with Gasteiger partial charge >= 0.3 is 5.97 Å². The van der Waals surface area contributed by atoms with Gasteiger partial charge in [0.25, 0.3) is 0 Å². The number of benzene rings is 1. The largest absolute Gasteiger partial charge is 0.466 e. The van der Waals surface area contributed by atoms with Crippen molar-refractivity contribution >= 4 is 12.0 Å². The van der Waals surface area contributed by atoms with Crippen LogP contribution in [0.15, 0.2) is 30.8 Å². The maximum Gasteiger partial charge on any atom is 0.309 e. The molecule has 0 aliphatic heterocycles. The van der Waals surface area contributed by atoms with E-state index in [1.165, 1.54) is 0 Å². The van der Waals surface area contributed by atoms with Crippen molar-refractivity contribution in [2.75, 3.05) is 6.61 Å². The van der Waals surface area contributed by atoms with E-state index in [-0.39, 0.29) is 6.42 Å². The van der Waals surface area contributed by atoms with Crippen molar-refractivity contribution in [1.82, 2.24) is 0 Å². The van der Waals surface area contributed by atoms with Crippen LogP contribution in [-0.4, -0.2) is 17.7 Å². The number of ether oxygens (including phenoxy) is 1. The molecule has 0 radical (unpaired) electrons. The van der Waals surface area contributed by atoms with Crippen molar-refractivity contribution in [2.45, 2.75) is 25.9 Å². The van der Waals surface area contributed by atoms with Crippen LogP contribution >= 0.6 is 0 Å². The highest BCUT2D eigenvalue weighted by Crippen LogP contribution is 2.25. The molecular weight excluding hydrogens is 216 g/mol. The van der Waals surface area contributed by atoms with E-state index >= 15 is 0 Å².